The molecule has 5 nitrogen and oxygen atoms in total. The Hall–Kier alpha value is -2.89. The van der Waals surface area contributed by atoms with Crippen LogP contribution in [0.1, 0.15) is 17.5 Å². The Morgan fingerprint density at radius 2 is 2.00 bits per heavy atom. The lowest BCUT2D eigenvalue weighted by Gasteiger charge is -2.11. The molecule has 6 heteroatoms. The first-order chi connectivity index (χ1) is 11.0. The summed E-state index contributed by atoms with van der Waals surface area (Å²) in [4.78, 5) is 23.6. The van der Waals surface area contributed by atoms with E-state index in [4.69, 9.17) is 9.15 Å². The Kier molecular flexibility index (Phi) is 5.30. The van der Waals surface area contributed by atoms with E-state index in [0.717, 1.165) is 0 Å². The molecule has 0 bridgehead atoms. The van der Waals surface area contributed by atoms with Gasteiger partial charge < -0.3 is 14.5 Å². The van der Waals surface area contributed by atoms with Gasteiger partial charge in [0.15, 0.2) is 6.10 Å². The minimum Gasteiger partial charge on any atom is -0.449 e. The van der Waals surface area contributed by atoms with E-state index < -0.39 is 18.0 Å². The zero-order valence-electron chi connectivity index (χ0n) is 12.5. The molecule has 1 aromatic heterocycles. The van der Waals surface area contributed by atoms with Gasteiger partial charge in [-0.25, -0.2) is 9.18 Å². The van der Waals surface area contributed by atoms with Crippen LogP contribution in [0.4, 0.5) is 4.39 Å². The van der Waals surface area contributed by atoms with Crippen molar-refractivity contribution in [1.82, 2.24) is 5.32 Å². The van der Waals surface area contributed by atoms with E-state index in [0.29, 0.717) is 11.3 Å². The summed E-state index contributed by atoms with van der Waals surface area (Å²) < 4.78 is 23.3. The van der Waals surface area contributed by atoms with Crippen LogP contribution in [0, 0.1) is 5.82 Å². The third kappa shape index (κ3) is 4.29. The van der Waals surface area contributed by atoms with Crippen LogP contribution in [0.3, 0.4) is 0 Å². The van der Waals surface area contributed by atoms with Crippen LogP contribution in [0.15, 0.2) is 53.5 Å². The fourth-order valence-corrected chi connectivity index (χ4v) is 1.81. The molecule has 0 aliphatic carbocycles. The quantitative estimate of drug-likeness (QED) is 0.657. The van der Waals surface area contributed by atoms with E-state index >= 15 is 0 Å². The maximum Gasteiger partial charge on any atom is 0.375 e. The molecule has 1 heterocycles. The molecular weight excluding hydrogens is 301 g/mol. The number of furan rings is 1. The van der Waals surface area contributed by atoms with Gasteiger partial charge in [0, 0.05) is 12.1 Å². The van der Waals surface area contributed by atoms with Crippen molar-refractivity contribution in [3.05, 3.63) is 60.6 Å². The van der Waals surface area contributed by atoms with Crippen molar-refractivity contribution in [2.75, 3.05) is 6.54 Å². The maximum atomic E-state index is 12.9. The van der Waals surface area contributed by atoms with Crippen molar-refractivity contribution in [3.63, 3.8) is 0 Å². The number of benzene rings is 1. The van der Waals surface area contributed by atoms with Crippen LogP contribution in [0.5, 0.6) is 0 Å². The molecule has 0 radical (unpaired) electrons. The normalized spacial score (nSPS) is 11.6. The van der Waals surface area contributed by atoms with Gasteiger partial charge in [-0.3, -0.25) is 4.79 Å². The largest absolute Gasteiger partial charge is 0.449 e. The number of amides is 1. The Balaban J connectivity index is 2.02. The average molecular weight is 317 g/mol. The summed E-state index contributed by atoms with van der Waals surface area (Å²) in [5, 5.41) is 2.52. The molecule has 0 saturated heterocycles. The van der Waals surface area contributed by atoms with Crippen molar-refractivity contribution < 1.29 is 23.1 Å². The summed E-state index contributed by atoms with van der Waals surface area (Å²) in [5.74, 6) is -1.17. The van der Waals surface area contributed by atoms with Gasteiger partial charge in [-0.1, -0.05) is 6.08 Å². The van der Waals surface area contributed by atoms with Crippen LogP contribution in [0.2, 0.25) is 0 Å². The van der Waals surface area contributed by atoms with Crippen LogP contribution in [0.25, 0.3) is 11.3 Å². The number of hydrogen-bond acceptors (Lipinski definition) is 4. The molecule has 1 atom stereocenters. The van der Waals surface area contributed by atoms with Crippen molar-refractivity contribution in [2.24, 2.45) is 0 Å². The minimum atomic E-state index is -0.957. The summed E-state index contributed by atoms with van der Waals surface area (Å²) in [6.07, 6.45) is 0.565. The second kappa shape index (κ2) is 7.40. The zero-order chi connectivity index (χ0) is 16.8. The Morgan fingerprint density at radius 3 is 2.65 bits per heavy atom. The molecule has 0 spiro atoms. The number of halogens is 1. The lowest BCUT2D eigenvalue weighted by molar-refractivity contribution is -0.128. The van der Waals surface area contributed by atoms with Gasteiger partial charge in [0.1, 0.15) is 11.6 Å². The summed E-state index contributed by atoms with van der Waals surface area (Å²) in [6, 6.07) is 8.68. The molecule has 0 aliphatic rings. The van der Waals surface area contributed by atoms with E-state index in [1.165, 1.54) is 43.3 Å². The molecule has 1 unspecified atom stereocenters. The van der Waals surface area contributed by atoms with E-state index in [9.17, 15) is 14.0 Å². The highest BCUT2D eigenvalue weighted by molar-refractivity contribution is 5.90. The number of carbonyl (C=O) groups is 2. The van der Waals surface area contributed by atoms with Crippen LogP contribution in [-0.2, 0) is 9.53 Å². The van der Waals surface area contributed by atoms with Gasteiger partial charge in [-0.15, -0.1) is 6.58 Å². The van der Waals surface area contributed by atoms with Crippen molar-refractivity contribution in [1.29, 1.82) is 0 Å². The molecule has 120 valence electrons. The second-order valence-corrected chi connectivity index (χ2v) is 4.75. The summed E-state index contributed by atoms with van der Waals surface area (Å²) in [6.45, 7) is 5.22. The number of carbonyl (C=O) groups excluding carboxylic acids is 2. The van der Waals surface area contributed by atoms with Gasteiger partial charge in [-0.05, 0) is 43.3 Å². The standard InChI is InChI=1S/C17H16FNO4/c1-3-10-19-16(20)11(2)22-17(21)15-9-8-14(23-15)12-4-6-13(18)7-5-12/h3-9,11H,1,10H2,2H3,(H,19,20). The first-order valence-corrected chi connectivity index (χ1v) is 6.96. The predicted molar refractivity (Wildman–Crippen MR) is 82.2 cm³/mol. The molecule has 0 aliphatic heterocycles. The molecule has 0 saturated carbocycles. The molecule has 0 fully saturated rings. The Labute approximate surface area is 132 Å². The average Bonchev–Trinajstić information content (AvgIpc) is 3.03. The van der Waals surface area contributed by atoms with Gasteiger partial charge in [0.25, 0.3) is 5.91 Å². The lowest BCUT2D eigenvalue weighted by atomic mass is 10.2. The van der Waals surface area contributed by atoms with Crippen LogP contribution < -0.4 is 5.32 Å². The fourth-order valence-electron chi connectivity index (χ4n) is 1.81. The first-order valence-electron chi connectivity index (χ1n) is 6.96. The van der Waals surface area contributed by atoms with Crippen LogP contribution >= 0.6 is 0 Å². The zero-order valence-corrected chi connectivity index (χ0v) is 12.5. The molecule has 23 heavy (non-hydrogen) atoms. The second-order valence-electron chi connectivity index (χ2n) is 4.75. The predicted octanol–water partition coefficient (Wildman–Crippen LogP) is 2.93. The molecule has 1 amide bonds. The van der Waals surface area contributed by atoms with Crippen molar-refractivity contribution in [2.45, 2.75) is 13.0 Å². The SMILES string of the molecule is C=CCNC(=O)C(C)OC(=O)c1ccc(-c2ccc(F)cc2)o1. The topological polar surface area (TPSA) is 68.5 Å². The summed E-state index contributed by atoms with van der Waals surface area (Å²) in [7, 11) is 0. The molecule has 2 rings (SSSR count). The fraction of sp³-hybridized carbons (Fsp3) is 0.176. The molecule has 1 N–H and O–H groups in total. The highest BCUT2D eigenvalue weighted by Crippen LogP contribution is 2.23. The van der Waals surface area contributed by atoms with Gasteiger partial charge in [-0.2, -0.15) is 0 Å². The monoisotopic (exact) mass is 317 g/mol. The Bertz CT molecular complexity index is 706. The number of rotatable bonds is 6. The summed E-state index contributed by atoms with van der Waals surface area (Å²) >= 11 is 0. The number of ether oxygens (including phenoxy) is 1. The summed E-state index contributed by atoms with van der Waals surface area (Å²) in [5.41, 5.74) is 0.627. The van der Waals surface area contributed by atoms with Crippen molar-refractivity contribution in [3.8, 4) is 11.3 Å². The minimum absolute atomic E-state index is 0.0345. The smallest absolute Gasteiger partial charge is 0.375 e. The van der Waals surface area contributed by atoms with Gasteiger partial charge >= 0.3 is 5.97 Å². The number of esters is 1. The maximum absolute atomic E-state index is 12.9. The number of hydrogen-bond donors (Lipinski definition) is 1. The highest BCUT2D eigenvalue weighted by Gasteiger charge is 2.21. The van der Waals surface area contributed by atoms with E-state index in [2.05, 4.69) is 11.9 Å². The van der Waals surface area contributed by atoms with E-state index in [-0.39, 0.29) is 18.1 Å². The third-order valence-corrected chi connectivity index (χ3v) is 3.01. The molecule has 2 aromatic rings. The first kappa shape index (κ1) is 16.5. The Morgan fingerprint density at radius 1 is 1.30 bits per heavy atom. The van der Waals surface area contributed by atoms with E-state index in [1.54, 1.807) is 6.07 Å². The van der Waals surface area contributed by atoms with E-state index in [1.807, 2.05) is 0 Å². The molecule has 1 aromatic carbocycles. The van der Waals surface area contributed by atoms with Gasteiger partial charge in [0.05, 0.1) is 0 Å². The third-order valence-electron chi connectivity index (χ3n) is 3.01. The number of nitrogens with one attached hydrogen (secondary N) is 1. The molecular formula is C17H16FNO4. The lowest BCUT2D eigenvalue weighted by Crippen LogP contribution is -2.35. The van der Waals surface area contributed by atoms with Crippen LogP contribution in [-0.4, -0.2) is 24.5 Å². The van der Waals surface area contributed by atoms with Crippen molar-refractivity contribution >= 4 is 11.9 Å². The highest BCUT2D eigenvalue weighted by atomic mass is 19.1. The van der Waals surface area contributed by atoms with Gasteiger partial charge in [0.2, 0.25) is 5.76 Å².